The zero-order chi connectivity index (χ0) is 35.7. The molecule has 0 radical (unpaired) electrons. The number of hydrogen-bond donors (Lipinski definition) is 6. The van der Waals surface area contributed by atoms with Gasteiger partial charge in [0.25, 0.3) is 0 Å². The van der Waals surface area contributed by atoms with Crippen molar-refractivity contribution in [2.24, 2.45) is 0 Å². The number of phenols is 1. The van der Waals surface area contributed by atoms with Crippen molar-refractivity contribution >= 4 is 56.9 Å². The van der Waals surface area contributed by atoms with E-state index < -0.39 is 24.1 Å². The number of halogens is 1. The summed E-state index contributed by atoms with van der Waals surface area (Å²) >= 11 is 6.32. The summed E-state index contributed by atoms with van der Waals surface area (Å²) in [5.41, 5.74) is 5.96. The maximum atomic E-state index is 11.3. The molecule has 2 unspecified atom stereocenters. The molecule has 13 nitrogen and oxygen atoms in total. The number of nitrogens with zero attached hydrogens (tertiary/aromatic N) is 4. The van der Waals surface area contributed by atoms with Gasteiger partial charge in [0.2, 0.25) is 5.88 Å². The largest absolute Gasteiger partial charge is 0.507 e. The summed E-state index contributed by atoms with van der Waals surface area (Å²) in [4.78, 5) is 33.3. The topological polar surface area (TPSA) is 189 Å². The van der Waals surface area contributed by atoms with E-state index in [1.54, 1.807) is 7.11 Å². The number of aromatic nitrogens is 2. The van der Waals surface area contributed by atoms with Crippen LogP contribution in [0.15, 0.2) is 42.5 Å². The number of likely N-dealkylation sites (tertiary alicyclic amines) is 2. The lowest BCUT2D eigenvalue weighted by Gasteiger charge is -2.22. The lowest BCUT2D eigenvalue weighted by atomic mass is 10.0. The van der Waals surface area contributed by atoms with Gasteiger partial charge in [-0.25, -0.2) is 19.6 Å². The predicted octanol–water partition coefficient (Wildman–Crippen LogP) is 4.99. The van der Waals surface area contributed by atoms with E-state index in [1.165, 1.54) is 39.5 Å². The SMILES string of the molecule is CC(O)C(=O)O.CC(O)C(=O)O.COc1ccc2nc3cc(Cl)ccc3c(Nc3cc(CN4CCCC4)c(O)c(CN4CCCC4)c3)c2n1. The smallest absolute Gasteiger partial charge is 0.332 e. The number of nitrogens with one attached hydrogen (secondary N) is 1. The molecule has 4 heterocycles. The average Bonchev–Trinajstić information content (AvgIpc) is 3.78. The van der Waals surface area contributed by atoms with Crippen LogP contribution in [-0.4, -0.2) is 103 Å². The normalized spacial score (nSPS) is 16.0. The van der Waals surface area contributed by atoms with Gasteiger partial charge in [-0.15, -0.1) is 0 Å². The van der Waals surface area contributed by atoms with Gasteiger partial charge in [0.1, 0.15) is 23.5 Å². The summed E-state index contributed by atoms with van der Waals surface area (Å²) in [7, 11) is 1.62. The number of rotatable bonds is 9. The van der Waals surface area contributed by atoms with Crippen molar-refractivity contribution in [2.75, 3.05) is 38.6 Å². The first-order valence-electron chi connectivity index (χ1n) is 16.2. The van der Waals surface area contributed by atoms with E-state index >= 15 is 0 Å². The number of carboxylic acid groups (broad SMARTS) is 2. The molecule has 2 aromatic heterocycles. The summed E-state index contributed by atoms with van der Waals surface area (Å²) in [5, 5.41) is 48.1. The van der Waals surface area contributed by atoms with E-state index in [1.807, 2.05) is 30.3 Å². The van der Waals surface area contributed by atoms with Gasteiger partial charge < -0.3 is 35.6 Å². The van der Waals surface area contributed by atoms with Crippen LogP contribution in [0.25, 0.3) is 21.9 Å². The molecule has 6 N–H and O–H groups in total. The van der Waals surface area contributed by atoms with Crippen molar-refractivity contribution in [3.63, 3.8) is 0 Å². The minimum atomic E-state index is -1.23. The second-order valence-electron chi connectivity index (χ2n) is 12.1. The Morgan fingerprint density at radius 2 is 1.35 bits per heavy atom. The quantitative estimate of drug-likeness (QED) is 0.101. The van der Waals surface area contributed by atoms with E-state index in [-0.39, 0.29) is 0 Å². The van der Waals surface area contributed by atoms with Crippen molar-refractivity contribution < 1.29 is 39.9 Å². The number of carbonyl (C=O) groups is 2. The minimum absolute atomic E-state index is 0.417. The fraction of sp³-hybridized carbons (Fsp3) is 0.429. The zero-order valence-electron chi connectivity index (χ0n) is 27.9. The number of aliphatic hydroxyl groups is 2. The van der Waals surface area contributed by atoms with Gasteiger partial charge in [-0.1, -0.05) is 11.6 Å². The van der Waals surface area contributed by atoms with Crippen LogP contribution >= 0.6 is 11.6 Å². The van der Waals surface area contributed by atoms with Gasteiger partial charge in [0.05, 0.1) is 23.8 Å². The molecule has 2 saturated heterocycles. The van der Waals surface area contributed by atoms with Crippen LogP contribution in [0.3, 0.4) is 0 Å². The third-order valence-corrected chi connectivity index (χ3v) is 8.44. The van der Waals surface area contributed by atoms with Crippen molar-refractivity contribution in [3.8, 4) is 11.6 Å². The van der Waals surface area contributed by atoms with Gasteiger partial charge in [-0.3, -0.25) is 9.80 Å². The Kier molecular flexibility index (Phi) is 13.3. The lowest BCUT2D eigenvalue weighted by molar-refractivity contribution is -0.146. The van der Waals surface area contributed by atoms with Crippen LogP contribution in [0.1, 0.15) is 50.7 Å². The number of aromatic hydroxyl groups is 1. The van der Waals surface area contributed by atoms with Gasteiger partial charge in [0.15, 0.2) is 0 Å². The molecule has 49 heavy (non-hydrogen) atoms. The number of anilines is 2. The summed E-state index contributed by atoms with van der Waals surface area (Å²) in [6, 6.07) is 13.6. The third-order valence-electron chi connectivity index (χ3n) is 8.20. The number of methoxy groups -OCH3 is 1. The van der Waals surface area contributed by atoms with Gasteiger partial charge in [-0.05, 0) is 102 Å². The fourth-order valence-electron chi connectivity index (χ4n) is 5.60. The zero-order valence-corrected chi connectivity index (χ0v) is 28.7. The van der Waals surface area contributed by atoms with Crippen molar-refractivity contribution in [1.82, 2.24) is 19.8 Å². The summed E-state index contributed by atoms with van der Waals surface area (Å²) in [5.74, 6) is -1.42. The highest BCUT2D eigenvalue weighted by Crippen LogP contribution is 2.37. The molecule has 264 valence electrons. The highest BCUT2D eigenvalue weighted by Gasteiger charge is 2.21. The highest BCUT2D eigenvalue weighted by atomic mass is 35.5. The second-order valence-corrected chi connectivity index (χ2v) is 12.6. The van der Waals surface area contributed by atoms with Crippen LogP contribution in [0.5, 0.6) is 11.6 Å². The lowest BCUT2D eigenvalue weighted by Crippen LogP contribution is -2.20. The molecule has 0 bridgehead atoms. The molecule has 0 amide bonds. The Labute approximate surface area is 289 Å². The predicted molar refractivity (Wildman–Crippen MR) is 188 cm³/mol. The Bertz CT molecular complexity index is 1700. The molecule has 4 aromatic rings. The van der Waals surface area contributed by atoms with Crippen LogP contribution in [0, 0.1) is 0 Å². The summed E-state index contributed by atoms with van der Waals surface area (Å²) in [6.07, 6.45) is 2.39. The summed E-state index contributed by atoms with van der Waals surface area (Å²) in [6.45, 7) is 8.17. The Morgan fingerprint density at radius 1 is 0.837 bits per heavy atom. The molecule has 2 aliphatic rings. The molecule has 0 spiro atoms. The molecule has 6 rings (SSSR count). The summed E-state index contributed by atoms with van der Waals surface area (Å²) < 4.78 is 5.43. The molecule has 2 fully saturated rings. The third kappa shape index (κ3) is 10.4. The Balaban J connectivity index is 0.000000388. The monoisotopic (exact) mass is 697 g/mol. The van der Waals surface area contributed by atoms with Crippen LogP contribution in [0.2, 0.25) is 5.02 Å². The molecular formula is C35H44ClN5O8. The number of fused-ring (bicyclic) bond motifs is 2. The van der Waals surface area contributed by atoms with Crippen molar-refractivity contribution in [2.45, 2.75) is 64.8 Å². The average molecular weight is 698 g/mol. The maximum Gasteiger partial charge on any atom is 0.332 e. The number of ether oxygens (including phenoxy) is 1. The number of hydrogen-bond acceptors (Lipinski definition) is 11. The molecule has 2 aromatic carbocycles. The molecule has 0 aliphatic carbocycles. The van der Waals surface area contributed by atoms with E-state index in [4.69, 9.17) is 46.7 Å². The van der Waals surface area contributed by atoms with Crippen molar-refractivity contribution in [1.29, 1.82) is 0 Å². The van der Waals surface area contributed by atoms with Gasteiger partial charge >= 0.3 is 11.9 Å². The molecule has 2 aliphatic heterocycles. The van der Waals surface area contributed by atoms with Crippen molar-refractivity contribution in [3.05, 3.63) is 58.6 Å². The molecular weight excluding hydrogens is 654 g/mol. The van der Waals surface area contributed by atoms with Crippen LogP contribution in [0.4, 0.5) is 11.4 Å². The standard InChI is InChI=1S/C29H32ClN5O2.2C3H6O3/c1-37-26-9-8-24-28(33-26)27(23-7-6-21(30)16-25(23)32-24)31-22-14-19(17-34-10-2-3-11-34)29(36)20(15-22)18-35-12-4-5-13-35;2*1-2(4)3(5)6/h6-9,14-16,36H,2-5,10-13,17-18H2,1H3,(H,31,32);2*2,4H,1H3,(H,5,6). The number of aliphatic hydroxyl groups excluding tert-OH is 2. The molecule has 0 saturated carbocycles. The van der Waals surface area contributed by atoms with Gasteiger partial charge in [-0.2, -0.15) is 0 Å². The van der Waals surface area contributed by atoms with Crippen LogP contribution < -0.4 is 10.1 Å². The van der Waals surface area contributed by atoms with E-state index in [9.17, 15) is 14.7 Å². The van der Waals surface area contributed by atoms with E-state index in [0.29, 0.717) is 16.7 Å². The Hall–Kier alpha value is -4.27. The van der Waals surface area contributed by atoms with E-state index in [0.717, 1.165) is 83.7 Å². The number of phenolic OH excluding ortho intramolecular Hbond substituents is 1. The Morgan fingerprint density at radius 3 is 1.82 bits per heavy atom. The van der Waals surface area contributed by atoms with Gasteiger partial charge in [0, 0.05) is 46.4 Å². The minimum Gasteiger partial charge on any atom is -0.507 e. The molecule has 2 atom stereocenters. The first kappa shape index (κ1) is 37.5. The highest BCUT2D eigenvalue weighted by molar-refractivity contribution is 6.31. The molecule has 14 heteroatoms. The number of aliphatic carboxylic acids is 2. The number of pyridine rings is 2. The first-order valence-corrected chi connectivity index (χ1v) is 16.6. The maximum absolute atomic E-state index is 11.3. The second kappa shape index (κ2) is 17.4. The van der Waals surface area contributed by atoms with E-state index in [2.05, 4.69) is 27.2 Å². The first-order chi connectivity index (χ1) is 23.4. The fourth-order valence-corrected chi connectivity index (χ4v) is 5.76. The number of carboxylic acids is 2. The van der Waals surface area contributed by atoms with Crippen LogP contribution in [-0.2, 0) is 22.7 Å². The number of benzene rings is 2.